The van der Waals surface area contributed by atoms with Crippen LogP contribution in [0.5, 0.6) is 0 Å². The van der Waals surface area contributed by atoms with E-state index in [0.717, 1.165) is 0 Å². The molecule has 0 aromatic carbocycles. The summed E-state index contributed by atoms with van der Waals surface area (Å²) < 4.78 is 5.08. The molecule has 1 aliphatic heterocycles. The number of rotatable bonds is 3. The summed E-state index contributed by atoms with van der Waals surface area (Å²) in [5, 5.41) is 70.6. The van der Waals surface area contributed by atoms with E-state index in [4.69, 9.17) is 4.74 Å². The number of aliphatic hydroxyl groups excluding tert-OH is 7. The number of hydrogen-bond donors (Lipinski definition) is 8. The number of aliphatic hydroxyl groups is 7. The summed E-state index contributed by atoms with van der Waals surface area (Å²) >= 11 is 0. The lowest BCUT2D eigenvalue weighted by Crippen LogP contribution is -2.66. The fourth-order valence-corrected chi connectivity index (χ4v) is 2.84. The minimum Gasteiger partial charge on any atom is -0.392 e. The van der Waals surface area contributed by atoms with Gasteiger partial charge in [0.2, 0.25) is 0 Å². The second kappa shape index (κ2) is 6.87. The first kappa shape index (κ1) is 17.7. The third kappa shape index (κ3) is 3.18. The van der Waals surface area contributed by atoms with E-state index >= 15 is 0 Å². The molecular formula is C13H23NO8. The van der Waals surface area contributed by atoms with Crippen molar-refractivity contribution in [3.05, 3.63) is 11.6 Å². The molecule has 2 aliphatic rings. The topological polar surface area (TPSA) is 163 Å². The van der Waals surface area contributed by atoms with Crippen molar-refractivity contribution in [3.63, 3.8) is 0 Å². The summed E-state index contributed by atoms with van der Waals surface area (Å²) in [7, 11) is 0. The summed E-state index contributed by atoms with van der Waals surface area (Å²) in [6.07, 6.45) is -7.99. The van der Waals surface area contributed by atoms with Gasteiger partial charge in [-0.05, 0) is 12.5 Å². The molecule has 1 unspecified atom stereocenters. The summed E-state index contributed by atoms with van der Waals surface area (Å²) in [5.74, 6) is 0. The van der Waals surface area contributed by atoms with Crippen LogP contribution in [-0.2, 0) is 4.74 Å². The van der Waals surface area contributed by atoms with Crippen LogP contribution in [0.2, 0.25) is 0 Å². The first-order valence-electron chi connectivity index (χ1n) is 7.09. The highest BCUT2D eigenvalue weighted by molar-refractivity contribution is 5.22. The van der Waals surface area contributed by atoms with Gasteiger partial charge in [-0.25, -0.2) is 0 Å². The standard InChI is InChI=1S/C13H23NO8/c1-4-7(10(18)12(20)13(21)22-4)14-6-2-5(3-15)8(16)11(19)9(6)17/h2,4,6-21H,3H2,1H3/t4-,6+,7-,8?,9+,10+,11+,12-,13-/m1/s1. The Balaban J connectivity index is 2.16. The van der Waals surface area contributed by atoms with E-state index in [2.05, 4.69) is 5.32 Å². The van der Waals surface area contributed by atoms with Crippen molar-refractivity contribution in [1.29, 1.82) is 0 Å². The minimum atomic E-state index is -1.52. The van der Waals surface area contributed by atoms with Gasteiger partial charge < -0.3 is 45.8 Å². The van der Waals surface area contributed by atoms with Crippen LogP contribution in [0.25, 0.3) is 0 Å². The Labute approximate surface area is 127 Å². The van der Waals surface area contributed by atoms with E-state index in [9.17, 15) is 35.7 Å². The normalized spacial score (nSPS) is 49.8. The van der Waals surface area contributed by atoms with Crippen molar-refractivity contribution in [2.24, 2.45) is 0 Å². The van der Waals surface area contributed by atoms with Crippen LogP contribution in [0.3, 0.4) is 0 Å². The quantitative estimate of drug-likeness (QED) is 0.241. The van der Waals surface area contributed by atoms with Crippen LogP contribution in [-0.4, -0.2) is 97.4 Å². The molecule has 2 rings (SSSR count). The van der Waals surface area contributed by atoms with Gasteiger partial charge in [0.25, 0.3) is 0 Å². The van der Waals surface area contributed by atoms with Crippen molar-refractivity contribution in [1.82, 2.24) is 5.32 Å². The lowest BCUT2D eigenvalue weighted by molar-refractivity contribution is -0.254. The molecule has 128 valence electrons. The van der Waals surface area contributed by atoms with Crippen LogP contribution in [0.1, 0.15) is 6.92 Å². The van der Waals surface area contributed by atoms with Gasteiger partial charge in [-0.2, -0.15) is 0 Å². The van der Waals surface area contributed by atoms with E-state index in [1.165, 1.54) is 6.08 Å². The van der Waals surface area contributed by atoms with E-state index in [-0.39, 0.29) is 5.57 Å². The van der Waals surface area contributed by atoms with Gasteiger partial charge >= 0.3 is 0 Å². The lowest BCUT2D eigenvalue weighted by atomic mass is 9.86. The Bertz CT molecular complexity index is 419. The summed E-state index contributed by atoms with van der Waals surface area (Å²) in [5.41, 5.74) is 0.134. The maximum atomic E-state index is 10.0. The van der Waals surface area contributed by atoms with E-state index < -0.39 is 61.6 Å². The molecule has 9 atom stereocenters. The van der Waals surface area contributed by atoms with Crippen LogP contribution in [0, 0.1) is 0 Å². The first-order valence-corrected chi connectivity index (χ1v) is 7.09. The average molecular weight is 321 g/mol. The molecule has 9 heteroatoms. The van der Waals surface area contributed by atoms with Gasteiger partial charge in [-0.15, -0.1) is 0 Å². The van der Waals surface area contributed by atoms with Gasteiger partial charge in [-0.3, -0.25) is 0 Å². The van der Waals surface area contributed by atoms with Crippen molar-refractivity contribution in [3.8, 4) is 0 Å². The molecule has 1 aliphatic carbocycles. The SMILES string of the molecule is C[C@H]1O[C@@H](O)[C@H](O)[C@@H](O)[C@@H]1N[C@H]1C=C(CO)C(O)[C@H](O)[C@H]1O. The zero-order valence-corrected chi connectivity index (χ0v) is 12.0. The van der Waals surface area contributed by atoms with Crippen LogP contribution < -0.4 is 5.32 Å². The highest BCUT2D eigenvalue weighted by atomic mass is 16.6. The molecule has 1 heterocycles. The van der Waals surface area contributed by atoms with Crippen LogP contribution >= 0.6 is 0 Å². The predicted octanol–water partition coefficient (Wildman–Crippen LogP) is -4.21. The van der Waals surface area contributed by atoms with Crippen molar-refractivity contribution in [2.75, 3.05) is 6.61 Å². The maximum absolute atomic E-state index is 10.0. The van der Waals surface area contributed by atoms with Crippen LogP contribution in [0.4, 0.5) is 0 Å². The van der Waals surface area contributed by atoms with E-state index in [1.807, 2.05) is 0 Å². The smallest absolute Gasteiger partial charge is 0.183 e. The van der Waals surface area contributed by atoms with E-state index in [1.54, 1.807) is 6.92 Å². The van der Waals surface area contributed by atoms with Gasteiger partial charge in [0.15, 0.2) is 6.29 Å². The summed E-state index contributed by atoms with van der Waals surface area (Å²) in [4.78, 5) is 0. The molecule has 0 saturated carbocycles. The van der Waals surface area contributed by atoms with Crippen molar-refractivity contribution >= 4 is 0 Å². The fourth-order valence-electron chi connectivity index (χ4n) is 2.84. The highest BCUT2D eigenvalue weighted by Crippen LogP contribution is 2.24. The Morgan fingerprint density at radius 3 is 2.23 bits per heavy atom. The Kier molecular flexibility index (Phi) is 5.54. The molecule has 9 nitrogen and oxygen atoms in total. The minimum absolute atomic E-state index is 0.134. The first-order chi connectivity index (χ1) is 10.3. The number of ether oxygens (including phenoxy) is 1. The Morgan fingerprint density at radius 2 is 1.64 bits per heavy atom. The molecule has 0 spiro atoms. The molecule has 0 aromatic rings. The van der Waals surface area contributed by atoms with E-state index in [0.29, 0.717) is 0 Å². The zero-order valence-electron chi connectivity index (χ0n) is 12.0. The second-order valence-electron chi connectivity index (χ2n) is 5.76. The molecule has 0 amide bonds. The molecule has 0 aromatic heterocycles. The molecule has 1 saturated heterocycles. The molecule has 22 heavy (non-hydrogen) atoms. The fraction of sp³-hybridized carbons (Fsp3) is 0.846. The monoisotopic (exact) mass is 321 g/mol. The number of hydrogen-bond acceptors (Lipinski definition) is 9. The molecular weight excluding hydrogens is 298 g/mol. The predicted molar refractivity (Wildman–Crippen MR) is 72.5 cm³/mol. The van der Waals surface area contributed by atoms with Gasteiger partial charge in [0.1, 0.15) is 30.5 Å². The highest BCUT2D eigenvalue weighted by Gasteiger charge is 2.45. The summed E-state index contributed by atoms with van der Waals surface area (Å²) in [6, 6.07) is -1.72. The maximum Gasteiger partial charge on any atom is 0.183 e. The largest absolute Gasteiger partial charge is 0.392 e. The molecule has 0 bridgehead atoms. The molecule has 0 radical (unpaired) electrons. The average Bonchev–Trinajstić information content (AvgIpc) is 2.49. The molecule has 1 fully saturated rings. The molecule has 8 N–H and O–H groups in total. The number of nitrogens with one attached hydrogen (secondary N) is 1. The third-order valence-corrected chi connectivity index (χ3v) is 4.25. The zero-order chi connectivity index (χ0) is 16.6. The second-order valence-corrected chi connectivity index (χ2v) is 5.76. The summed E-state index contributed by atoms with van der Waals surface area (Å²) in [6.45, 7) is 1.07. The Hall–Kier alpha value is -0.620. The Morgan fingerprint density at radius 1 is 1.00 bits per heavy atom. The lowest BCUT2D eigenvalue weighted by Gasteiger charge is -2.43. The van der Waals surface area contributed by atoms with Gasteiger partial charge in [-0.1, -0.05) is 6.08 Å². The van der Waals surface area contributed by atoms with Gasteiger partial charge in [0, 0.05) is 0 Å². The van der Waals surface area contributed by atoms with Crippen LogP contribution in [0.15, 0.2) is 11.6 Å². The van der Waals surface area contributed by atoms with Crippen molar-refractivity contribution in [2.45, 2.75) is 61.9 Å². The van der Waals surface area contributed by atoms with Crippen molar-refractivity contribution < 1.29 is 40.5 Å². The van der Waals surface area contributed by atoms with Gasteiger partial charge in [0.05, 0.1) is 24.8 Å². The third-order valence-electron chi connectivity index (χ3n) is 4.25.